The third-order valence-corrected chi connectivity index (χ3v) is 3.57. The molecule has 0 aliphatic heterocycles. The van der Waals surface area contributed by atoms with Gasteiger partial charge in [0.15, 0.2) is 11.5 Å². The minimum Gasteiger partial charge on any atom is -0.493 e. The van der Waals surface area contributed by atoms with Crippen LogP contribution in [-0.4, -0.2) is 24.9 Å². The molecule has 100 valence electrons. The first kappa shape index (κ1) is 13.7. The molecule has 1 aliphatic rings. The van der Waals surface area contributed by atoms with E-state index in [1.54, 1.807) is 14.0 Å². The Morgan fingerprint density at radius 1 is 1.44 bits per heavy atom. The highest BCUT2D eigenvalue weighted by molar-refractivity contribution is 9.10. The Labute approximate surface area is 116 Å². The summed E-state index contributed by atoms with van der Waals surface area (Å²) in [6.07, 6.45) is 2.78. The summed E-state index contributed by atoms with van der Waals surface area (Å²) in [4.78, 5) is 0. The van der Waals surface area contributed by atoms with E-state index in [0.29, 0.717) is 12.3 Å². The van der Waals surface area contributed by atoms with Crippen molar-refractivity contribution in [3.8, 4) is 11.5 Å². The Morgan fingerprint density at radius 2 is 2.17 bits per heavy atom. The molecular weight excluding hydrogens is 296 g/mol. The minimum atomic E-state index is -0.361. The molecule has 1 aromatic carbocycles. The van der Waals surface area contributed by atoms with E-state index in [2.05, 4.69) is 15.9 Å². The topological polar surface area (TPSA) is 38.7 Å². The summed E-state index contributed by atoms with van der Waals surface area (Å²) >= 11 is 3.51. The molecule has 0 amide bonds. The number of halogens is 1. The lowest BCUT2D eigenvalue weighted by Crippen LogP contribution is -2.06. The second-order valence-electron chi connectivity index (χ2n) is 4.92. The van der Waals surface area contributed by atoms with Crippen LogP contribution in [0.3, 0.4) is 0 Å². The van der Waals surface area contributed by atoms with Gasteiger partial charge in [0, 0.05) is 0 Å². The Balaban J connectivity index is 2.16. The number of rotatable bonds is 6. The fourth-order valence-corrected chi connectivity index (χ4v) is 2.46. The van der Waals surface area contributed by atoms with E-state index in [1.807, 2.05) is 12.1 Å². The van der Waals surface area contributed by atoms with Gasteiger partial charge in [-0.15, -0.1) is 0 Å². The molecule has 0 saturated heterocycles. The van der Waals surface area contributed by atoms with Gasteiger partial charge in [-0.1, -0.05) is 0 Å². The van der Waals surface area contributed by atoms with Gasteiger partial charge in [0.1, 0.15) is 0 Å². The highest BCUT2D eigenvalue weighted by Crippen LogP contribution is 2.39. The van der Waals surface area contributed by atoms with Gasteiger partial charge in [-0.25, -0.2) is 0 Å². The van der Waals surface area contributed by atoms with Crippen molar-refractivity contribution >= 4 is 15.9 Å². The van der Waals surface area contributed by atoms with Crippen LogP contribution in [-0.2, 0) is 6.42 Å². The Hall–Kier alpha value is -0.740. The molecule has 1 fully saturated rings. The first-order valence-electron chi connectivity index (χ1n) is 6.27. The largest absolute Gasteiger partial charge is 0.493 e. The molecule has 18 heavy (non-hydrogen) atoms. The van der Waals surface area contributed by atoms with E-state index >= 15 is 0 Å². The molecule has 1 N–H and O–H groups in total. The lowest BCUT2D eigenvalue weighted by molar-refractivity contribution is 0.195. The highest BCUT2D eigenvalue weighted by Gasteiger charge is 2.23. The number of hydrogen-bond acceptors (Lipinski definition) is 3. The zero-order valence-electron chi connectivity index (χ0n) is 10.8. The highest BCUT2D eigenvalue weighted by atomic mass is 79.9. The van der Waals surface area contributed by atoms with Crippen LogP contribution in [0.4, 0.5) is 0 Å². The number of benzene rings is 1. The van der Waals surface area contributed by atoms with E-state index in [0.717, 1.165) is 28.1 Å². The van der Waals surface area contributed by atoms with Crippen LogP contribution >= 0.6 is 15.9 Å². The molecule has 0 bridgehead atoms. The molecule has 0 aromatic heterocycles. The van der Waals surface area contributed by atoms with E-state index in [9.17, 15) is 5.11 Å². The van der Waals surface area contributed by atoms with Crippen LogP contribution in [0.1, 0.15) is 25.3 Å². The van der Waals surface area contributed by atoms with Gasteiger partial charge in [0.25, 0.3) is 0 Å². The van der Waals surface area contributed by atoms with Crippen molar-refractivity contribution in [2.75, 3.05) is 13.7 Å². The summed E-state index contributed by atoms with van der Waals surface area (Å²) in [5.41, 5.74) is 1.03. The maximum Gasteiger partial charge on any atom is 0.175 e. The van der Waals surface area contributed by atoms with Gasteiger partial charge < -0.3 is 14.6 Å². The number of aliphatic hydroxyl groups excluding tert-OH is 1. The van der Waals surface area contributed by atoms with Gasteiger partial charge >= 0.3 is 0 Å². The van der Waals surface area contributed by atoms with Crippen LogP contribution in [0.5, 0.6) is 11.5 Å². The predicted octanol–water partition coefficient (Wildman–Crippen LogP) is 3.17. The summed E-state index contributed by atoms with van der Waals surface area (Å²) in [5.74, 6) is 2.19. The van der Waals surface area contributed by atoms with Gasteiger partial charge in [-0.2, -0.15) is 0 Å². The fraction of sp³-hybridized carbons (Fsp3) is 0.571. The average molecular weight is 315 g/mol. The molecule has 0 heterocycles. The smallest absolute Gasteiger partial charge is 0.175 e. The maximum atomic E-state index is 9.43. The predicted molar refractivity (Wildman–Crippen MR) is 74.3 cm³/mol. The van der Waals surface area contributed by atoms with Crippen LogP contribution in [0.2, 0.25) is 0 Å². The van der Waals surface area contributed by atoms with E-state index < -0.39 is 0 Å². The quantitative estimate of drug-likeness (QED) is 0.876. The molecule has 4 heteroatoms. The van der Waals surface area contributed by atoms with Crippen molar-refractivity contribution in [1.29, 1.82) is 0 Å². The Kier molecular flexibility index (Phi) is 4.51. The summed E-state index contributed by atoms with van der Waals surface area (Å²) in [7, 11) is 1.64. The molecule has 0 spiro atoms. The molecule has 2 rings (SSSR count). The molecule has 1 saturated carbocycles. The van der Waals surface area contributed by atoms with Crippen molar-refractivity contribution in [1.82, 2.24) is 0 Å². The normalized spacial score (nSPS) is 16.4. The average Bonchev–Trinajstić information content (AvgIpc) is 3.10. The number of aliphatic hydroxyl groups is 1. The summed E-state index contributed by atoms with van der Waals surface area (Å²) in [5, 5.41) is 9.43. The third-order valence-electron chi connectivity index (χ3n) is 2.98. The summed E-state index contributed by atoms with van der Waals surface area (Å²) < 4.78 is 12.1. The van der Waals surface area contributed by atoms with Crippen molar-refractivity contribution in [2.24, 2.45) is 5.92 Å². The first-order valence-corrected chi connectivity index (χ1v) is 7.06. The zero-order chi connectivity index (χ0) is 13.1. The van der Waals surface area contributed by atoms with Crippen molar-refractivity contribution in [2.45, 2.75) is 32.3 Å². The van der Waals surface area contributed by atoms with Gasteiger partial charge in [-0.05, 0) is 65.7 Å². The Morgan fingerprint density at radius 3 is 2.72 bits per heavy atom. The third kappa shape index (κ3) is 3.62. The van der Waals surface area contributed by atoms with Crippen LogP contribution in [0, 0.1) is 5.92 Å². The van der Waals surface area contributed by atoms with Crippen molar-refractivity contribution in [3.05, 3.63) is 22.2 Å². The minimum absolute atomic E-state index is 0.361. The summed E-state index contributed by atoms with van der Waals surface area (Å²) in [6, 6.07) is 3.91. The molecule has 1 unspecified atom stereocenters. The molecule has 0 radical (unpaired) electrons. The maximum absolute atomic E-state index is 9.43. The molecule has 1 aliphatic carbocycles. The fourth-order valence-electron chi connectivity index (χ4n) is 1.86. The zero-order valence-corrected chi connectivity index (χ0v) is 12.4. The monoisotopic (exact) mass is 314 g/mol. The first-order chi connectivity index (χ1) is 8.60. The number of methoxy groups -OCH3 is 1. The van der Waals surface area contributed by atoms with Gasteiger partial charge in [0.2, 0.25) is 0 Å². The van der Waals surface area contributed by atoms with E-state index in [1.165, 1.54) is 12.8 Å². The number of hydrogen-bond donors (Lipinski definition) is 1. The lowest BCUT2D eigenvalue weighted by atomic mass is 10.1. The molecule has 3 nitrogen and oxygen atoms in total. The Bertz CT molecular complexity index is 414. The van der Waals surface area contributed by atoms with Crippen molar-refractivity contribution in [3.63, 3.8) is 0 Å². The van der Waals surface area contributed by atoms with Crippen LogP contribution in [0.25, 0.3) is 0 Å². The van der Waals surface area contributed by atoms with Gasteiger partial charge in [-0.3, -0.25) is 0 Å². The standard InChI is InChI=1S/C14H19BrO3/c1-9(16)5-11-6-12(15)14(13(7-11)17-2)18-8-10-3-4-10/h6-7,9-10,16H,3-5,8H2,1-2H3. The van der Waals surface area contributed by atoms with E-state index in [-0.39, 0.29) is 6.10 Å². The van der Waals surface area contributed by atoms with E-state index in [4.69, 9.17) is 9.47 Å². The molecule has 1 aromatic rings. The second kappa shape index (κ2) is 5.93. The second-order valence-corrected chi connectivity index (χ2v) is 5.77. The summed E-state index contributed by atoms with van der Waals surface area (Å²) in [6.45, 7) is 2.53. The van der Waals surface area contributed by atoms with Crippen molar-refractivity contribution < 1.29 is 14.6 Å². The van der Waals surface area contributed by atoms with Gasteiger partial charge in [0.05, 0.1) is 24.3 Å². The number of ether oxygens (including phenoxy) is 2. The van der Waals surface area contributed by atoms with Crippen LogP contribution in [0.15, 0.2) is 16.6 Å². The molecule has 1 atom stereocenters. The lowest BCUT2D eigenvalue weighted by Gasteiger charge is -2.14. The van der Waals surface area contributed by atoms with Crippen LogP contribution < -0.4 is 9.47 Å². The SMILES string of the molecule is COc1cc(CC(C)O)cc(Br)c1OCC1CC1. The molecular formula is C14H19BrO3.